The molecule has 2 aromatic rings. The lowest BCUT2D eigenvalue weighted by Crippen LogP contribution is -2.40. The van der Waals surface area contributed by atoms with Gasteiger partial charge in [0.05, 0.1) is 22.6 Å². The number of rotatable bonds is 8. The van der Waals surface area contributed by atoms with Crippen molar-refractivity contribution in [1.29, 1.82) is 10.7 Å². The number of carboxylic acid groups (broad SMARTS) is 1. The summed E-state index contributed by atoms with van der Waals surface area (Å²) in [4.78, 5) is 43.7. The quantitative estimate of drug-likeness (QED) is 0.116. The van der Waals surface area contributed by atoms with Crippen molar-refractivity contribution in [3.63, 3.8) is 0 Å². The number of benzene rings is 1. The standard InChI is InChI=1S/C18H17ClIN9O5/c19-6-1-7(14(33)8(20)2-6)9(3-12(31)32)26-11(30)5-25-17(34)13-15(22)27-10(4-21)16(28-13)29-18(23)24/h1-2,9,33H,3,5H2,(H2,22,27)(H,25,34)(H,26,30)(H,31,32)(H4,23,24,28,29). The van der Waals surface area contributed by atoms with Gasteiger partial charge in [-0.25, -0.2) is 9.97 Å². The number of nitriles is 1. The highest BCUT2D eigenvalue weighted by molar-refractivity contribution is 14.1. The summed E-state index contributed by atoms with van der Waals surface area (Å²) in [6, 6.07) is 3.31. The fourth-order valence-corrected chi connectivity index (χ4v) is 3.72. The molecule has 0 saturated carbocycles. The van der Waals surface area contributed by atoms with Gasteiger partial charge in [0.2, 0.25) is 5.91 Å². The predicted octanol–water partition coefficient (Wildman–Crippen LogP) is 0.261. The number of hydrogen-bond donors (Lipinski definition) is 8. The molecule has 0 aliphatic rings. The molecule has 0 aliphatic heterocycles. The van der Waals surface area contributed by atoms with Crippen molar-refractivity contribution in [2.75, 3.05) is 17.6 Å². The van der Waals surface area contributed by atoms with Crippen LogP contribution in [0.5, 0.6) is 5.75 Å². The number of anilines is 2. The monoisotopic (exact) mass is 601 g/mol. The Bertz CT molecular complexity index is 1220. The molecule has 1 atom stereocenters. The van der Waals surface area contributed by atoms with E-state index in [-0.39, 0.29) is 27.8 Å². The summed E-state index contributed by atoms with van der Waals surface area (Å²) in [6.07, 6.45) is -0.572. The predicted molar refractivity (Wildman–Crippen MR) is 128 cm³/mol. The Morgan fingerprint density at radius 2 is 2.00 bits per heavy atom. The highest BCUT2D eigenvalue weighted by atomic mass is 127. The van der Waals surface area contributed by atoms with Crippen molar-refractivity contribution in [2.24, 2.45) is 5.73 Å². The lowest BCUT2D eigenvalue weighted by atomic mass is 10.0. The van der Waals surface area contributed by atoms with Gasteiger partial charge >= 0.3 is 5.97 Å². The van der Waals surface area contributed by atoms with Crippen LogP contribution in [0.15, 0.2) is 12.1 Å². The van der Waals surface area contributed by atoms with Crippen molar-refractivity contribution < 1.29 is 24.6 Å². The molecule has 10 N–H and O–H groups in total. The first kappa shape index (κ1) is 26.3. The molecule has 0 spiro atoms. The van der Waals surface area contributed by atoms with E-state index in [4.69, 9.17) is 33.7 Å². The molecule has 2 rings (SSSR count). The first-order chi connectivity index (χ1) is 15.9. The number of nitrogens with two attached hydrogens (primary N) is 2. The number of carboxylic acids is 1. The lowest BCUT2D eigenvalue weighted by molar-refractivity contribution is -0.137. The van der Waals surface area contributed by atoms with Crippen LogP contribution in [0, 0.1) is 20.3 Å². The second kappa shape index (κ2) is 11.3. The topological polar surface area (TPSA) is 253 Å². The summed E-state index contributed by atoms with van der Waals surface area (Å²) < 4.78 is 0.350. The van der Waals surface area contributed by atoms with Gasteiger partial charge in [0.15, 0.2) is 29.0 Å². The Morgan fingerprint density at radius 3 is 2.59 bits per heavy atom. The van der Waals surface area contributed by atoms with E-state index in [2.05, 4.69) is 25.9 Å². The minimum absolute atomic E-state index is 0.0844. The number of hydrogen-bond acceptors (Lipinski definition) is 9. The smallest absolute Gasteiger partial charge is 0.305 e. The van der Waals surface area contributed by atoms with Crippen LogP contribution in [0.1, 0.15) is 34.2 Å². The summed E-state index contributed by atoms with van der Waals surface area (Å²) in [5.74, 6) is -4.49. The second-order valence-electron chi connectivity index (χ2n) is 6.53. The van der Waals surface area contributed by atoms with Crippen LogP contribution in [0.4, 0.5) is 11.6 Å². The maximum absolute atomic E-state index is 12.5. The summed E-state index contributed by atoms with van der Waals surface area (Å²) in [7, 11) is 0. The van der Waals surface area contributed by atoms with Crippen molar-refractivity contribution in [3.8, 4) is 11.8 Å². The van der Waals surface area contributed by atoms with E-state index in [0.717, 1.165) is 0 Å². The van der Waals surface area contributed by atoms with Crippen LogP contribution in [-0.2, 0) is 9.59 Å². The normalized spacial score (nSPS) is 11.1. The van der Waals surface area contributed by atoms with E-state index in [1.165, 1.54) is 12.1 Å². The Balaban J connectivity index is 2.18. The van der Waals surface area contributed by atoms with Gasteiger partial charge in [-0.1, -0.05) is 11.6 Å². The van der Waals surface area contributed by atoms with E-state index in [1.54, 1.807) is 28.7 Å². The van der Waals surface area contributed by atoms with Crippen molar-refractivity contribution in [2.45, 2.75) is 12.5 Å². The molecule has 0 fully saturated rings. The van der Waals surface area contributed by atoms with Crippen LogP contribution < -0.4 is 27.4 Å². The van der Waals surface area contributed by atoms with Crippen LogP contribution in [-0.4, -0.2) is 50.5 Å². The van der Waals surface area contributed by atoms with Gasteiger partial charge in [0.1, 0.15) is 11.8 Å². The first-order valence-corrected chi connectivity index (χ1v) is 10.5. The molecular weight excluding hydrogens is 585 g/mol. The molecule has 34 heavy (non-hydrogen) atoms. The van der Waals surface area contributed by atoms with Crippen molar-refractivity contribution in [3.05, 3.63) is 37.7 Å². The van der Waals surface area contributed by atoms with E-state index in [9.17, 15) is 24.6 Å². The molecule has 1 unspecified atom stereocenters. The molecule has 0 aliphatic carbocycles. The number of nitrogens with one attached hydrogen (secondary N) is 4. The highest BCUT2D eigenvalue weighted by Gasteiger charge is 2.24. The van der Waals surface area contributed by atoms with Gasteiger partial charge < -0.3 is 37.6 Å². The number of aromatic hydroxyl groups is 1. The number of aromatic nitrogens is 2. The zero-order valence-corrected chi connectivity index (χ0v) is 19.9. The average Bonchev–Trinajstić information content (AvgIpc) is 2.74. The Hall–Kier alpha value is -3.91. The molecule has 0 bridgehead atoms. The zero-order valence-electron chi connectivity index (χ0n) is 17.0. The van der Waals surface area contributed by atoms with E-state index in [0.29, 0.717) is 3.57 Å². The summed E-state index contributed by atoms with van der Waals surface area (Å²) >= 11 is 7.79. The zero-order chi connectivity index (χ0) is 25.6. The molecule has 2 amide bonds. The number of nitrogen functional groups attached to an aromatic ring is 1. The third kappa shape index (κ3) is 6.79. The molecule has 1 aromatic carbocycles. The maximum atomic E-state index is 12.5. The average molecular weight is 602 g/mol. The van der Waals surface area contributed by atoms with Crippen LogP contribution in [0.25, 0.3) is 0 Å². The number of guanidine groups is 1. The maximum Gasteiger partial charge on any atom is 0.305 e. The number of amides is 2. The van der Waals surface area contributed by atoms with Gasteiger partial charge in [-0.3, -0.25) is 19.8 Å². The second-order valence-corrected chi connectivity index (χ2v) is 8.13. The third-order valence-corrected chi connectivity index (χ3v) is 5.09. The molecule has 14 nitrogen and oxygen atoms in total. The molecule has 178 valence electrons. The van der Waals surface area contributed by atoms with Gasteiger partial charge in [-0.15, -0.1) is 0 Å². The molecule has 1 heterocycles. The highest BCUT2D eigenvalue weighted by Crippen LogP contribution is 2.34. The SMILES string of the molecule is N#Cc1nc(N)c(C(=O)NCC(=O)NC(CC(=O)O)c2cc(Cl)cc(I)c2O)nc1NC(=N)N. The number of carbonyl (C=O) groups excluding carboxylic acids is 2. The van der Waals surface area contributed by atoms with Gasteiger partial charge in [-0.2, -0.15) is 5.26 Å². The Labute approximate surface area is 210 Å². The van der Waals surface area contributed by atoms with E-state index in [1.807, 2.05) is 0 Å². The van der Waals surface area contributed by atoms with Gasteiger partial charge in [0, 0.05) is 10.6 Å². The summed E-state index contributed by atoms with van der Waals surface area (Å²) in [6.45, 7) is -0.621. The molecule has 0 saturated heterocycles. The minimum atomic E-state index is -1.25. The van der Waals surface area contributed by atoms with Crippen molar-refractivity contribution >= 4 is 69.6 Å². The fraction of sp³-hybridized carbons (Fsp3) is 0.167. The Morgan fingerprint density at radius 1 is 1.32 bits per heavy atom. The van der Waals surface area contributed by atoms with E-state index < -0.39 is 54.3 Å². The number of halogens is 2. The fourth-order valence-electron chi connectivity index (χ4n) is 2.66. The largest absolute Gasteiger partial charge is 0.506 e. The minimum Gasteiger partial charge on any atom is -0.506 e. The lowest BCUT2D eigenvalue weighted by Gasteiger charge is -2.20. The van der Waals surface area contributed by atoms with Crippen LogP contribution in [0.3, 0.4) is 0 Å². The molecular formula is C18H17ClIN9O5. The first-order valence-electron chi connectivity index (χ1n) is 9.08. The van der Waals surface area contributed by atoms with Crippen LogP contribution in [0.2, 0.25) is 5.02 Å². The number of carbonyl (C=O) groups is 3. The van der Waals surface area contributed by atoms with E-state index >= 15 is 0 Å². The van der Waals surface area contributed by atoms with Crippen LogP contribution >= 0.6 is 34.2 Å². The van der Waals surface area contributed by atoms with Crippen molar-refractivity contribution in [1.82, 2.24) is 20.6 Å². The van der Waals surface area contributed by atoms with Gasteiger partial charge in [0.25, 0.3) is 5.91 Å². The number of nitrogens with zero attached hydrogens (tertiary/aromatic N) is 3. The molecule has 16 heteroatoms. The number of phenolic OH excluding ortho intramolecular Hbond substituents is 1. The molecule has 1 aromatic heterocycles. The summed E-state index contributed by atoms with van der Waals surface area (Å²) in [5.41, 5.74) is 10.2. The third-order valence-electron chi connectivity index (χ3n) is 4.05. The summed E-state index contributed by atoms with van der Waals surface area (Å²) in [5, 5.41) is 42.9. The van der Waals surface area contributed by atoms with Gasteiger partial charge in [-0.05, 0) is 34.7 Å². The molecule has 0 radical (unpaired) electrons. The number of aliphatic carboxylic acids is 1. The number of phenols is 1. The Kier molecular flexibility index (Phi) is 8.75.